The van der Waals surface area contributed by atoms with Crippen molar-refractivity contribution in [2.45, 2.75) is 39.0 Å². The topological polar surface area (TPSA) is 21.3 Å². The highest BCUT2D eigenvalue weighted by Crippen LogP contribution is 2.30. The molecule has 1 aromatic rings. The van der Waals surface area contributed by atoms with Crippen molar-refractivity contribution < 1.29 is 4.74 Å². The molecule has 0 spiro atoms. The van der Waals surface area contributed by atoms with Crippen LogP contribution in [-0.4, -0.2) is 20.7 Å². The van der Waals surface area contributed by atoms with E-state index in [0.29, 0.717) is 0 Å². The van der Waals surface area contributed by atoms with Crippen LogP contribution in [0.1, 0.15) is 38.3 Å². The molecular formula is C15H25NO. The van der Waals surface area contributed by atoms with E-state index in [-0.39, 0.29) is 5.41 Å². The Labute approximate surface area is 105 Å². The smallest absolute Gasteiger partial charge is 0.122 e. The van der Waals surface area contributed by atoms with Crippen molar-refractivity contribution >= 4 is 0 Å². The molecule has 0 bridgehead atoms. The van der Waals surface area contributed by atoms with E-state index in [9.17, 15) is 0 Å². The average Bonchev–Trinajstić information content (AvgIpc) is 2.35. The molecule has 0 saturated carbocycles. The summed E-state index contributed by atoms with van der Waals surface area (Å²) in [5.41, 5.74) is 2.92. The molecular weight excluding hydrogens is 210 g/mol. The molecule has 1 N–H and O–H groups in total. The van der Waals surface area contributed by atoms with Gasteiger partial charge in [-0.05, 0) is 49.0 Å². The first kappa shape index (κ1) is 14.0. The Morgan fingerprint density at radius 1 is 1.29 bits per heavy atom. The third-order valence-corrected chi connectivity index (χ3v) is 3.59. The Balaban J connectivity index is 3.04. The number of ether oxygens (including phenoxy) is 1. The Morgan fingerprint density at radius 2 is 2.00 bits per heavy atom. The van der Waals surface area contributed by atoms with E-state index in [4.69, 9.17) is 4.74 Å². The third-order valence-electron chi connectivity index (χ3n) is 3.59. The molecule has 1 rings (SSSR count). The zero-order valence-electron chi connectivity index (χ0n) is 11.8. The van der Waals surface area contributed by atoms with E-state index < -0.39 is 0 Å². The van der Waals surface area contributed by atoms with Crippen LogP contribution in [0.5, 0.6) is 5.75 Å². The zero-order chi connectivity index (χ0) is 12.9. The largest absolute Gasteiger partial charge is 0.496 e. The first-order chi connectivity index (χ1) is 8.05. The number of methoxy groups -OCH3 is 1. The van der Waals surface area contributed by atoms with Crippen molar-refractivity contribution in [3.05, 3.63) is 29.3 Å². The maximum absolute atomic E-state index is 5.42. The van der Waals surface area contributed by atoms with Crippen molar-refractivity contribution in [2.75, 3.05) is 20.7 Å². The fourth-order valence-corrected chi connectivity index (χ4v) is 1.86. The van der Waals surface area contributed by atoms with Gasteiger partial charge in [0.15, 0.2) is 0 Å². The Bertz CT molecular complexity index is 358. The van der Waals surface area contributed by atoms with Crippen LogP contribution in [0, 0.1) is 0 Å². The molecule has 0 aromatic heterocycles. The van der Waals surface area contributed by atoms with Crippen LogP contribution in [-0.2, 0) is 11.8 Å². The molecule has 2 heteroatoms. The highest BCUT2D eigenvalue weighted by molar-refractivity contribution is 5.40. The molecule has 17 heavy (non-hydrogen) atoms. The quantitative estimate of drug-likeness (QED) is 0.818. The standard InChI is InChI=1S/C15H25NO/c1-6-15(2,3)13-7-8-14(17-5)12(11-13)9-10-16-4/h7-8,11,16H,6,9-10H2,1-5H3. The molecule has 0 radical (unpaired) electrons. The summed E-state index contributed by atoms with van der Waals surface area (Å²) in [5, 5.41) is 3.18. The number of hydrogen-bond acceptors (Lipinski definition) is 2. The van der Waals surface area contributed by atoms with Crippen LogP contribution in [0.15, 0.2) is 18.2 Å². The van der Waals surface area contributed by atoms with Gasteiger partial charge in [0.05, 0.1) is 7.11 Å². The number of benzene rings is 1. The first-order valence-corrected chi connectivity index (χ1v) is 6.37. The van der Waals surface area contributed by atoms with Gasteiger partial charge in [-0.15, -0.1) is 0 Å². The van der Waals surface area contributed by atoms with Crippen LogP contribution in [0.3, 0.4) is 0 Å². The molecule has 0 heterocycles. The van der Waals surface area contributed by atoms with Crippen molar-refractivity contribution in [2.24, 2.45) is 0 Å². The van der Waals surface area contributed by atoms with Gasteiger partial charge in [-0.2, -0.15) is 0 Å². The molecule has 0 aliphatic heterocycles. The molecule has 0 amide bonds. The molecule has 0 aliphatic rings. The first-order valence-electron chi connectivity index (χ1n) is 6.37. The van der Waals surface area contributed by atoms with Crippen LogP contribution < -0.4 is 10.1 Å². The highest BCUT2D eigenvalue weighted by atomic mass is 16.5. The predicted molar refractivity (Wildman–Crippen MR) is 73.9 cm³/mol. The summed E-state index contributed by atoms with van der Waals surface area (Å²) in [6.45, 7) is 7.79. The van der Waals surface area contributed by atoms with Gasteiger partial charge < -0.3 is 10.1 Å². The zero-order valence-corrected chi connectivity index (χ0v) is 11.8. The monoisotopic (exact) mass is 235 g/mol. The summed E-state index contributed by atoms with van der Waals surface area (Å²) in [4.78, 5) is 0. The number of likely N-dealkylation sites (N-methyl/N-ethyl adjacent to an activating group) is 1. The normalized spacial score (nSPS) is 11.6. The second kappa shape index (κ2) is 6.06. The van der Waals surface area contributed by atoms with E-state index in [1.807, 2.05) is 7.05 Å². The van der Waals surface area contributed by atoms with Crippen LogP contribution >= 0.6 is 0 Å². The molecule has 2 nitrogen and oxygen atoms in total. The lowest BCUT2D eigenvalue weighted by Crippen LogP contribution is -2.17. The maximum atomic E-state index is 5.42. The molecule has 0 atom stereocenters. The molecule has 0 aliphatic carbocycles. The fraction of sp³-hybridized carbons (Fsp3) is 0.600. The summed E-state index contributed by atoms with van der Waals surface area (Å²) in [6, 6.07) is 6.57. The predicted octanol–water partition coefficient (Wildman–Crippen LogP) is 3.14. The van der Waals surface area contributed by atoms with Gasteiger partial charge in [-0.3, -0.25) is 0 Å². The number of rotatable bonds is 6. The van der Waals surface area contributed by atoms with E-state index in [1.165, 1.54) is 11.1 Å². The summed E-state index contributed by atoms with van der Waals surface area (Å²) in [6.07, 6.45) is 2.15. The molecule has 0 fully saturated rings. The molecule has 96 valence electrons. The van der Waals surface area contributed by atoms with Crippen molar-refractivity contribution in [1.29, 1.82) is 0 Å². The number of hydrogen-bond donors (Lipinski definition) is 1. The lowest BCUT2D eigenvalue weighted by Gasteiger charge is -2.24. The van der Waals surface area contributed by atoms with Gasteiger partial charge in [0.25, 0.3) is 0 Å². The van der Waals surface area contributed by atoms with Crippen molar-refractivity contribution in [3.63, 3.8) is 0 Å². The second-order valence-electron chi connectivity index (χ2n) is 5.12. The molecule has 0 saturated heterocycles. The van der Waals surface area contributed by atoms with Gasteiger partial charge in [0.2, 0.25) is 0 Å². The van der Waals surface area contributed by atoms with Crippen LogP contribution in [0.2, 0.25) is 0 Å². The van der Waals surface area contributed by atoms with E-state index >= 15 is 0 Å². The lowest BCUT2D eigenvalue weighted by molar-refractivity contribution is 0.408. The van der Waals surface area contributed by atoms with Gasteiger partial charge in [0, 0.05) is 0 Å². The molecule has 1 aromatic carbocycles. The van der Waals surface area contributed by atoms with Gasteiger partial charge >= 0.3 is 0 Å². The Kier molecular flexibility index (Phi) is 5.01. The minimum atomic E-state index is 0.237. The fourth-order valence-electron chi connectivity index (χ4n) is 1.86. The van der Waals surface area contributed by atoms with E-state index in [2.05, 4.69) is 44.3 Å². The Morgan fingerprint density at radius 3 is 2.53 bits per heavy atom. The van der Waals surface area contributed by atoms with E-state index in [1.54, 1.807) is 7.11 Å². The van der Waals surface area contributed by atoms with Gasteiger partial charge in [-0.1, -0.05) is 32.9 Å². The average molecular weight is 235 g/mol. The van der Waals surface area contributed by atoms with Crippen molar-refractivity contribution in [3.8, 4) is 5.75 Å². The maximum Gasteiger partial charge on any atom is 0.122 e. The lowest BCUT2D eigenvalue weighted by atomic mass is 9.81. The molecule has 0 unspecified atom stereocenters. The van der Waals surface area contributed by atoms with Crippen LogP contribution in [0.4, 0.5) is 0 Å². The summed E-state index contributed by atoms with van der Waals surface area (Å²) in [5.74, 6) is 0.996. The van der Waals surface area contributed by atoms with E-state index in [0.717, 1.165) is 25.1 Å². The SMILES string of the molecule is CCC(C)(C)c1ccc(OC)c(CCNC)c1. The highest BCUT2D eigenvalue weighted by Gasteiger charge is 2.19. The second-order valence-corrected chi connectivity index (χ2v) is 5.12. The summed E-state index contributed by atoms with van der Waals surface area (Å²) >= 11 is 0. The summed E-state index contributed by atoms with van der Waals surface area (Å²) in [7, 11) is 3.72. The number of nitrogens with one attached hydrogen (secondary N) is 1. The van der Waals surface area contributed by atoms with Crippen LogP contribution in [0.25, 0.3) is 0 Å². The minimum Gasteiger partial charge on any atom is -0.496 e. The van der Waals surface area contributed by atoms with Gasteiger partial charge in [-0.25, -0.2) is 0 Å². The third kappa shape index (κ3) is 3.47. The minimum absolute atomic E-state index is 0.237. The Hall–Kier alpha value is -1.02. The van der Waals surface area contributed by atoms with Crippen molar-refractivity contribution in [1.82, 2.24) is 5.32 Å². The summed E-state index contributed by atoms with van der Waals surface area (Å²) < 4.78 is 5.42. The van der Waals surface area contributed by atoms with Gasteiger partial charge in [0.1, 0.15) is 5.75 Å².